The predicted octanol–water partition coefficient (Wildman–Crippen LogP) is 3.03. The van der Waals surface area contributed by atoms with Gasteiger partial charge in [-0.2, -0.15) is 8.75 Å². The molecule has 4 rings (SSSR count). The van der Waals surface area contributed by atoms with E-state index in [1.54, 1.807) is 0 Å². The van der Waals surface area contributed by atoms with E-state index in [9.17, 15) is 4.79 Å². The average molecular weight is 344 g/mol. The van der Waals surface area contributed by atoms with E-state index in [4.69, 9.17) is 0 Å². The van der Waals surface area contributed by atoms with E-state index in [1.165, 1.54) is 37.5 Å². The molecule has 1 unspecified atom stereocenters. The van der Waals surface area contributed by atoms with Crippen molar-refractivity contribution < 1.29 is 4.79 Å². The quantitative estimate of drug-likeness (QED) is 0.840. The molecule has 2 fully saturated rings. The van der Waals surface area contributed by atoms with Crippen LogP contribution in [0.4, 0.5) is 0 Å². The SMILES string of the molecule is CN1CCCCC1C1CCN(C(=O)c2ccc3nsnc3c2)CC1. The number of benzene rings is 1. The summed E-state index contributed by atoms with van der Waals surface area (Å²) in [7, 11) is 2.26. The standard InChI is InChI=1S/C18H24N4OS/c1-21-9-3-2-4-17(21)13-7-10-22(11-8-13)18(23)14-5-6-15-16(12-14)20-24-19-15/h5-6,12-13,17H,2-4,7-11H2,1H3. The molecule has 2 aliphatic rings. The molecule has 0 spiro atoms. The number of carbonyl (C=O) groups is 1. The fraction of sp³-hybridized carbons (Fsp3) is 0.611. The summed E-state index contributed by atoms with van der Waals surface area (Å²) in [5.41, 5.74) is 2.43. The molecule has 0 aliphatic carbocycles. The Kier molecular flexibility index (Phi) is 4.50. The molecule has 24 heavy (non-hydrogen) atoms. The highest BCUT2D eigenvalue weighted by Crippen LogP contribution is 2.30. The molecule has 0 N–H and O–H groups in total. The minimum atomic E-state index is 0.139. The lowest BCUT2D eigenvalue weighted by Crippen LogP contribution is -2.47. The van der Waals surface area contributed by atoms with E-state index in [0.717, 1.165) is 48.4 Å². The molecule has 1 amide bonds. The molecule has 2 saturated heterocycles. The third-order valence-corrected chi connectivity index (χ3v) is 6.26. The van der Waals surface area contributed by atoms with Gasteiger partial charge in [-0.05, 0) is 63.4 Å². The maximum absolute atomic E-state index is 12.8. The van der Waals surface area contributed by atoms with Crippen molar-refractivity contribution in [1.29, 1.82) is 0 Å². The fourth-order valence-corrected chi connectivity index (χ4v) is 4.80. The Morgan fingerprint density at radius 2 is 1.88 bits per heavy atom. The molecule has 0 bridgehead atoms. The zero-order valence-electron chi connectivity index (χ0n) is 14.1. The van der Waals surface area contributed by atoms with Gasteiger partial charge in [0.15, 0.2) is 0 Å². The van der Waals surface area contributed by atoms with Gasteiger partial charge in [0.25, 0.3) is 5.91 Å². The molecule has 128 valence electrons. The zero-order valence-corrected chi connectivity index (χ0v) is 15.0. The van der Waals surface area contributed by atoms with Crippen LogP contribution >= 0.6 is 11.7 Å². The minimum Gasteiger partial charge on any atom is -0.339 e. The molecule has 6 heteroatoms. The van der Waals surface area contributed by atoms with Gasteiger partial charge < -0.3 is 9.80 Å². The first-order chi connectivity index (χ1) is 11.7. The van der Waals surface area contributed by atoms with Crippen molar-refractivity contribution in [1.82, 2.24) is 18.5 Å². The number of fused-ring (bicyclic) bond motifs is 1. The van der Waals surface area contributed by atoms with E-state index in [0.29, 0.717) is 6.04 Å². The summed E-state index contributed by atoms with van der Waals surface area (Å²) in [6.45, 7) is 2.98. The third-order valence-electron chi connectivity index (χ3n) is 5.70. The van der Waals surface area contributed by atoms with Crippen molar-refractivity contribution in [2.24, 2.45) is 5.92 Å². The summed E-state index contributed by atoms with van der Waals surface area (Å²) in [5, 5.41) is 0. The molecule has 1 aromatic carbocycles. The molecule has 2 aromatic rings. The molecule has 1 aromatic heterocycles. The van der Waals surface area contributed by atoms with Gasteiger partial charge in [-0.3, -0.25) is 4.79 Å². The molecule has 1 atom stereocenters. The third kappa shape index (κ3) is 3.05. The van der Waals surface area contributed by atoms with Crippen LogP contribution in [0.15, 0.2) is 18.2 Å². The number of hydrogen-bond acceptors (Lipinski definition) is 5. The number of aromatic nitrogens is 2. The van der Waals surface area contributed by atoms with Crippen molar-refractivity contribution in [3.05, 3.63) is 23.8 Å². The van der Waals surface area contributed by atoms with Crippen molar-refractivity contribution in [2.45, 2.75) is 38.1 Å². The second kappa shape index (κ2) is 6.76. The Labute approximate surface area is 147 Å². The summed E-state index contributed by atoms with van der Waals surface area (Å²) >= 11 is 1.20. The van der Waals surface area contributed by atoms with Crippen LogP contribution in [0.25, 0.3) is 11.0 Å². The molecule has 2 aliphatic heterocycles. The fourth-order valence-electron chi connectivity index (χ4n) is 4.28. The Bertz CT molecular complexity index is 723. The maximum Gasteiger partial charge on any atom is 0.253 e. The molecular weight excluding hydrogens is 320 g/mol. The van der Waals surface area contributed by atoms with E-state index in [1.807, 2.05) is 23.1 Å². The second-order valence-corrected chi connectivity index (χ2v) is 7.67. The van der Waals surface area contributed by atoms with Crippen LogP contribution in [0.2, 0.25) is 0 Å². The van der Waals surface area contributed by atoms with Crippen LogP contribution in [0, 0.1) is 5.92 Å². The van der Waals surface area contributed by atoms with Gasteiger partial charge in [0.05, 0.1) is 11.7 Å². The average Bonchev–Trinajstić information content (AvgIpc) is 3.09. The number of carbonyl (C=O) groups excluding carboxylic acids is 1. The highest BCUT2D eigenvalue weighted by Gasteiger charge is 2.32. The van der Waals surface area contributed by atoms with E-state index >= 15 is 0 Å². The van der Waals surface area contributed by atoms with Crippen LogP contribution in [-0.4, -0.2) is 57.2 Å². The topological polar surface area (TPSA) is 49.3 Å². The first-order valence-corrected chi connectivity index (χ1v) is 9.67. The smallest absolute Gasteiger partial charge is 0.253 e. The van der Waals surface area contributed by atoms with Crippen LogP contribution in [0.3, 0.4) is 0 Å². The highest BCUT2D eigenvalue weighted by molar-refractivity contribution is 7.00. The van der Waals surface area contributed by atoms with E-state index in [2.05, 4.69) is 20.7 Å². The summed E-state index contributed by atoms with van der Waals surface area (Å²) in [6.07, 6.45) is 6.26. The van der Waals surface area contributed by atoms with Crippen molar-refractivity contribution in [3.8, 4) is 0 Å². The lowest BCUT2D eigenvalue weighted by molar-refractivity contribution is 0.0555. The summed E-state index contributed by atoms with van der Waals surface area (Å²) < 4.78 is 8.44. The highest BCUT2D eigenvalue weighted by atomic mass is 32.1. The van der Waals surface area contributed by atoms with Crippen molar-refractivity contribution in [3.63, 3.8) is 0 Å². The first-order valence-electron chi connectivity index (χ1n) is 8.94. The predicted molar refractivity (Wildman–Crippen MR) is 96.3 cm³/mol. The van der Waals surface area contributed by atoms with Crippen molar-refractivity contribution >= 4 is 28.7 Å². The van der Waals surface area contributed by atoms with E-state index < -0.39 is 0 Å². The Morgan fingerprint density at radius 3 is 2.67 bits per heavy atom. The normalized spacial score (nSPS) is 23.7. The van der Waals surface area contributed by atoms with Gasteiger partial charge in [0, 0.05) is 24.7 Å². The number of rotatable bonds is 2. The van der Waals surface area contributed by atoms with Gasteiger partial charge in [0.1, 0.15) is 11.0 Å². The molecule has 3 heterocycles. The number of likely N-dealkylation sites (tertiary alicyclic amines) is 2. The first kappa shape index (κ1) is 16.0. The van der Waals surface area contributed by atoms with E-state index in [-0.39, 0.29) is 5.91 Å². The number of amides is 1. The van der Waals surface area contributed by atoms with Gasteiger partial charge in [-0.25, -0.2) is 0 Å². The van der Waals surface area contributed by atoms with Crippen LogP contribution < -0.4 is 0 Å². The van der Waals surface area contributed by atoms with Gasteiger partial charge in [-0.15, -0.1) is 0 Å². The number of hydrogen-bond donors (Lipinski definition) is 0. The number of nitrogens with zero attached hydrogens (tertiary/aromatic N) is 4. The molecule has 0 radical (unpaired) electrons. The van der Waals surface area contributed by atoms with Gasteiger partial charge >= 0.3 is 0 Å². The Balaban J connectivity index is 1.40. The largest absolute Gasteiger partial charge is 0.339 e. The molecular formula is C18H24N4OS. The van der Waals surface area contributed by atoms with Crippen LogP contribution in [0.5, 0.6) is 0 Å². The summed E-state index contributed by atoms with van der Waals surface area (Å²) in [4.78, 5) is 17.3. The summed E-state index contributed by atoms with van der Waals surface area (Å²) in [5.74, 6) is 0.880. The lowest BCUT2D eigenvalue weighted by Gasteiger charge is -2.42. The van der Waals surface area contributed by atoms with Gasteiger partial charge in [0.2, 0.25) is 0 Å². The minimum absolute atomic E-state index is 0.139. The van der Waals surface area contributed by atoms with Crippen molar-refractivity contribution in [2.75, 3.05) is 26.7 Å². The Morgan fingerprint density at radius 1 is 1.08 bits per heavy atom. The lowest BCUT2D eigenvalue weighted by atomic mass is 9.84. The summed E-state index contributed by atoms with van der Waals surface area (Å²) in [6, 6.07) is 6.37. The number of piperidine rings is 2. The second-order valence-electron chi connectivity index (χ2n) is 7.14. The van der Waals surface area contributed by atoms with Gasteiger partial charge in [-0.1, -0.05) is 6.42 Å². The maximum atomic E-state index is 12.8. The zero-order chi connectivity index (χ0) is 16.5. The van der Waals surface area contributed by atoms with Crippen LogP contribution in [0.1, 0.15) is 42.5 Å². The Hall–Kier alpha value is -1.53. The van der Waals surface area contributed by atoms with Crippen LogP contribution in [-0.2, 0) is 0 Å². The molecule has 0 saturated carbocycles. The monoisotopic (exact) mass is 344 g/mol. The molecule has 5 nitrogen and oxygen atoms in total.